The van der Waals surface area contributed by atoms with E-state index in [0.717, 1.165) is 4.31 Å². The van der Waals surface area contributed by atoms with Crippen molar-refractivity contribution in [3.63, 3.8) is 0 Å². The minimum absolute atomic E-state index is 0.0364. The summed E-state index contributed by atoms with van der Waals surface area (Å²) < 4.78 is 32.1. The lowest BCUT2D eigenvalue weighted by Crippen LogP contribution is -2.30. The molecule has 0 aliphatic carbocycles. The maximum Gasteiger partial charge on any atom is 0.258 e. The summed E-state index contributed by atoms with van der Waals surface area (Å²) in [5, 5.41) is 0. The van der Waals surface area contributed by atoms with Crippen molar-refractivity contribution in [2.24, 2.45) is 0 Å². The molecule has 0 atom stereocenters. The van der Waals surface area contributed by atoms with Crippen LogP contribution in [0.15, 0.2) is 80.7 Å². The third-order valence-electron chi connectivity index (χ3n) is 4.14. The number of rotatable bonds is 6. The van der Waals surface area contributed by atoms with Gasteiger partial charge in [0.1, 0.15) is 5.76 Å². The number of nitrogens with zero attached hydrogens (tertiary/aromatic N) is 2. The van der Waals surface area contributed by atoms with Gasteiger partial charge in [0.15, 0.2) is 0 Å². The van der Waals surface area contributed by atoms with E-state index < -0.39 is 10.0 Å². The number of furan rings is 1. The smallest absolute Gasteiger partial charge is 0.258 e. The molecule has 2 aromatic carbocycles. The molecule has 1 amide bonds. The zero-order chi connectivity index (χ0) is 20.3. The quantitative estimate of drug-likeness (QED) is 0.551. The maximum atomic E-state index is 13.3. The Bertz CT molecular complexity index is 1060. The Labute approximate surface area is 172 Å². The molecule has 8 heteroatoms. The molecule has 6 nitrogen and oxygen atoms in total. The fourth-order valence-corrected chi connectivity index (χ4v) is 4.48. The van der Waals surface area contributed by atoms with E-state index in [0.29, 0.717) is 15.9 Å². The maximum absolute atomic E-state index is 13.3. The largest absolute Gasteiger partial charge is 0.467 e. The van der Waals surface area contributed by atoms with Gasteiger partial charge < -0.3 is 9.32 Å². The van der Waals surface area contributed by atoms with Crippen LogP contribution in [0.4, 0.5) is 5.69 Å². The average molecular weight is 463 g/mol. The molecular weight excluding hydrogens is 444 g/mol. The van der Waals surface area contributed by atoms with Crippen molar-refractivity contribution in [1.82, 2.24) is 4.31 Å². The summed E-state index contributed by atoms with van der Waals surface area (Å²) in [6, 6.07) is 17.3. The highest BCUT2D eigenvalue weighted by molar-refractivity contribution is 9.10. The lowest BCUT2D eigenvalue weighted by Gasteiger charge is -2.22. The summed E-state index contributed by atoms with van der Waals surface area (Å²) in [4.78, 5) is 14.9. The third-order valence-corrected chi connectivity index (χ3v) is 6.95. The van der Waals surface area contributed by atoms with E-state index in [2.05, 4.69) is 15.9 Å². The SMILES string of the molecule is CN(C)S(=O)(=O)c1cc(C(=O)N(Cc2ccco2)c2ccccc2)ccc1Br. The van der Waals surface area contributed by atoms with Crippen LogP contribution in [-0.4, -0.2) is 32.7 Å². The van der Waals surface area contributed by atoms with E-state index in [1.165, 1.54) is 20.2 Å². The first-order valence-corrected chi connectivity index (χ1v) is 10.7. The first-order chi connectivity index (χ1) is 13.3. The number of amides is 1. The zero-order valence-electron chi connectivity index (χ0n) is 15.4. The number of sulfonamides is 1. The van der Waals surface area contributed by atoms with Crippen LogP contribution in [-0.2, 0) is 16.6 Å². The van der Waals surface area contributed by atoms with Gasteiger partial charge in [0.2, 0.25) is 10.0 Å². The molecule has 0 fully saturated rings. The van der Waals surface area contributed by atoms with Gasteiger partial charge >= 0.3 is 0 Å². The number of para-hydroxylation sites is 1. The second-order valence-electron chi connectivity index (χ2n) is 6.24. The van der Waals surface area contributed by atoms with Crippen molar-refractivity contribution in [3.8, 4) is 0 Å². The number of hydrogen-bond acceptors (Lipinski definition) is 4. The van der Waals surface area contributed by atoms with Crippen LogP contribution in [0.5, 0.6) is 0 Å². The number of carbonyl (C=O) groups is 1. The van der Waals surface area contributed by atoms with Crippen LogP contribution < -0.4 is 4.90 Å². The number of anilines is 1. The van der Waals surface area contributed by atoms with Crippen LogP contribution in [0, 0.1) is 0 Å². The molecule has 0 saturated carbocycles. The first-order valence-electron chi connectivity index (χ1n) is 8.42. The van der Waals surface area contributed by atoms with Crippen LogP contribution in [0.1, 0.15) is 16.1 Å². The van der Waals surface area contributed by atoms with Crippen molar-refractivity contribution >= 4 is 37.5 Å². The highest BCUT2D eigenvalue weighted by atomic mass is 79.9. The van der Waals surface area contributed by atoms with E-state index in [1.54, 1.807) is 35.4 Å². The lowest BCUT2D eigenvalue weighted by atomic mass is 10.1. The van der Waals surface area contributed by atoms with Crippen molar-refractivity contribution in [3.05, 3.63) is 82.7 Å². The summed E-state index contributed by atoms with van der Waals surface area (Å²) in [5.41, 5.74) is 0.947. The monoisotopic (exact) mass is 462 g/mol. The summed E-state index contributed by atoms with van der Waals surface area (Å²) in [7, 11) is -0.811. The minimum atomic E-state index is -3.71. The molecule has 0 bridgehead atoms. The highest BCUT2D eigenvalue weighted by Gasteiger charge is 2.25. The molecular formula is C20H19BrN2O4S. The second kappa shape index (κ2) is 8.30. The number of halogens is 1. The van der Waals surface area contributed by atoms with Crippen molar-refractivity contribution in [2.45, 2.75) is 11.4 Å². The highest BCUT2D eigenvalue weighted by Crippen LogP contribution is 2.27. The summed E-state index contributed by atoms with van der Waals surface area (Å²) in [6.07, 6.45) is 1.55. The predicted octanol–water partition coefficient (Wildman–Crippen LogP) is 4.14. The Kier molecular flexibility index (Phi) is 6.02. The topological polar surface area (TPSA) is 70.8 Å². The molecule has 28 heavy (non-hydrogen) atoms. The van der Waals surface area contributed by atoms with Crippen LogP contribution >= 0.6 is 15.9 Å². The molecule has 3 rings (SSSR count). The van der Waals surface area contributed by atoms with Gasteiger partial charge in [0.25, 0.3) is 5.91 Å². The van der Waals surface area contributed by atoms with Crippen molar-refractivity contribution in [1.29, 1.82) is 0 Å². The zero-order valence-corrected chi connectivity index (χ0v) is 17.8. The Morgan fingerprint density at radius 1 is 1.04 bits per heavy atom. The molecule has 3 aromatic rings. The van der Waals surface area contributed by atoms with Gasteiger partial charge in [-0.3, -0.25) is 4.79 Å². The Hall–Kier alpha value is -2.42. The van der Waals surface area contributed by atoms with Crippen molar-refractivity contribution < 1.29 is 17.6 Å². The predicted molar refractivity (Wildman–Crippen MR) is 111 cm³/mol. The Morgan fingerprint density at radius 2 is 1.75 bits per heavy atom. The van der Waals surface area contributed by atoms with E-state index in [9.17, 15) is 13.2 Å². The van der Waals surface area contributed by atoms with Gasteiger partial charge in [0.05, 0.1) is 17.7 Å². The van der Waals surface area contributed by atoms with Gasteiger partial charge in [-0.15, -0.1) is 0 Å². The Morgan fingerprint density at radius 3 is 2.36 bits per heavy atom. The molecule has 0 N–H and O–H groups in total. The summed E-state index contributed by atoms with van der Waals surface area (Å²) >= 11 is 3.27. The lowest BCUT2D eigenvalue weighted by molar-refractivity contribution is 0.0983. The molecule has 0 spiro atoms. The van der Waals surface area contributed by atoms with Gasteiger partial charge in [0, 0.05) is 29.8 Å². The molecule has 1 heterocycles. The van der Waals surface area contributed by atoms with Crippen molar-refractivity contribution in [2.75, 3.05) is 19.0 Å². The van der Waals surface area contributed by atoms with Gasteiger partial charge in [-0.2, -0.15) is 0 Å². The fraction of sp³-hybridized carbons (Fsp3) is 0.150. The summed E-state index contributed by atoms with van der Waals surface area (Å²) in [6.45, 7) is 0.224. The van der Waals surface area contributed by atoms with E-state index in [1.807, 2.05) is 30.3 Å². The minimum Gasteiger partial charge on any atom is -0.467 e. The molecule has 0 saturated heterocycles. The molecule has 0 radical (unpaired) electrons. The fourth-order valence-electron chi connectivity index (χ4n) is 2.63. The van der Waals surface area contributed by atoms with E-state index >= 15 is 0 Å². The summed E-state index contributed by atoms with van der Waals surface area (Å²) in [5.74, 6) is 0.292. The third kappa shape index (κ3) is 4.19. The van der Waals surface area contributed by atoms with Crippen LogP contribution in [0.2, 0.25) is 0 Å². The normalized spacial score (nSPS) is 11.6. The molecule has 0 aliphatic heterocycles. The number of carbonyl (C=O) groups excluding carboxylic acids is 1. The molecule has 1 aromatic heterocycles. The second-order valence-corrected chi connectivity index (χ2v) is 9.21. The van der Waals surface area contributed by atoms with Gasteiger partial charge in [-0.05, 0) is 58.4 Å². The van der Waals surface area contributed by atoms with E-state index in [4.69, 9.17) is 4.42 Å². The molecule has 0 aliphatic rings. The first kappa shape index (κ1) is 20.3. The van der Waals surface area contributed by atoms with Gasteiger partial charge in [-0.25, -0.2) is 12.7 Å². The van der Waals surface area contributed by atoms with Crippen LogP contribution in [0.25, 0.3) is 0 Å². The Balaban J connectivity index is 2.04. The standard InChI is InChI=1S/C20H19BrN2O4S/c1-22(2)28(25,26)19-13-15(10-11-18(19)21)20(24)23(14-17-9-6-12-27-17)16-7-4-3-5-8-16/h3-13H,14H2,1-2H3. The molecule has 0 unspecified atom stereocenters. The van der Waals surface area contributed by atoms with Crippen LogP contribution in [0.3, 0.4) is 0 Å². The molecule has 146 valence electrons. The van der Waals surface area contributed by atoms with Gasteiger partial charge in [-0.1, -0.05) is 18.2 Å². The average Bonchev–Trinajstić information content (AvgIpc) is 3.19. The number of benzene rings is 2. The number of hydrogen-bond donors (Lipinski definition) is 0. The van der Waals surface area contributed by atoms with E-state index in [-0.39, 0.29) is 22.9 Å².